The average molecular weight is 419 g/mol. The Kier molecular flexibility index (Phi) is 5.70. The molecule has 8 nitrogen and oxygen atoms in total. The van der Waals surface area contributed by atoms with Gasteiger partial charge in [0.15, 0.2) is 0 Å². The lowest BCUT2D eigenvalue weighted by Gasteiger charge is -2.28. The number of carbonyl (C=O) groups excluding carboxylic acids is 1. The number of ether oxygens (including phenoxy) is 2. The molecule has 160 valence electrons. The zero-order valence-electron chi connectivity index (χ0n) is 18.0. The van der Waals surface area contributed by atoms with Gasteiger partial charge in [-0.05, 0) is 61.4 Å². The van der Waals surface area contributed by atoms with Crippen molar-refractivity contribution < 1.29 is 14.3 Å². The maximum absolute atomic E-state index is 12.9. The van der Waals surface area contributed by atoms with Gasteiger partial charge in [0, 0.05) is 5.70 Å². The summed E-state index contributed by atoms with van der Waals surface area (Å²) >= 11 is 0. The topological polar surface area (TPSA) is 91.2 Å². The fraction of sp³-hybridized carbons (Fsp3) is 0.304. The predicted molar refractivity (Wildman–Crippen MR) is 115 cm³/mol. The number of rotatable bonds is 6. The Morgan fingerprint density at radius 1 is 1.10 bits per heavy atom. The minimum Gasteiger partial charge on any atom is -0.489 e. The fourth-order valence-corrected chi connectivity index (χ4v) is 3.46. The molecule has 1 aliphatic heterocycles. The van der Waals surface area contributed by atoms with E-state index in [0.29, 0.717) is 23.8 Å². The quantitative estimate of drug-likeness (QED) is 0.608. The monoisotopic (exact) mass is 419 g/mol. The number of esters is 1. The number of nitrogens with one attached hydrogen (secondary N) is 1. The largest absolute Gasteiger partial charge is 0.489 e. The Morgan fingerprint density at radius 2 is 1.81 bits per heavy atom. The Labute approximate surface area is 180 Å². The summed E-state index contributed by atoms with van der Waals surface area (Å²) in [7, 11) is 0. The third kappa shape index (κ3) is 4.42. The van der Waals surface area contributed by atoms with Gasteiger partial charge in [-0.25, -0.2) is 4.79 Å². The van der Waals surface area contributed by atoms with E-state index in [1.165, 1.54) is 5.56 Å². The number of allylic oxidation sites excluding steroid dienone is 1. The van der Waals surface area contributed by atoms with Gasteiger partial charge >= 0.3 is 5.97 Å². The summed E-state index contributed by atoms with van der Waals surface area (Å²) in [4.78, 5) is 12.9. The number of hydrogen-bond donors (Lipinski definition) is 1. The molecule has 0 saturated carbocycles. The second-order valence-electron chi connectivity index (χ2n) is 7.81. The third-order valence-corrected chi connectivity index (χ3v) is 5.00. The molecule has 0 bridgehead atoms. The van der Waals surface area contributed by atoms with Crippen molar-refractivity contribution in [2.45, 2.75) is 46.4 Å². The van der Waals surface area contributed by atoms with Crippen molar-refractivity contribution in [3.8, 4) is 5.75 Å². The van der Waals surface area contributed by atoms with Crippen molar-refractivity contribution in [1.29, 1.82) is 0 Å². The molecular weight excluding hydrogens is 394 g/mol. The Morgan fingerprint density at radius 3 is 2.48 bits per heavy atom. The van der Waals surface area contributed by atoms with Gasteiger partial charge in [0.05, 0.1) is 11.7 Å². The van der Waals surface area contributed by atoms with E-state index in [4.69, 9.17) is 9.47 Å². The number of anilines is 1. The molecule has 1 aliphatic rings. The summed E-state index contributed by atoms with van der Waals surface area (Å²) in [6.45, 7) is 8.00. The molecule has 1 atom stereocenters. The standard InChI is InChI=1S/C23H25N5O3/c1-14(2)31-22(29)20-16(4)24-23-25-26-27-28(23)21(20)18-9-11-19(12-10-18)30-13-17-7-5-15(3)6-8-17/h5-12,14,21H,13H2,1-4H3,(H,24,25,27). The van der Waals surface area contributed by atoms with Crippen molar-refractivity contribution in [1.82, 2.24) is 20.2 Å². The number of benzene rings is 2. The number of carbonyl (C=O) groups is 1. The molecule has 0 spiro atoms. The fourth-order valence-electron chi connectivity index (χ4n) is 3.46. The van der Waals surface area contributed by atoms with E-state index in [9.17, 15) is 4.79 Å². The first kappa shape index (κ1) is 20.6. The highest BCUT2D eigenvalue weighted by molar-refractivity contribution is 5.92. The van der Waals surface area contributed by atoms with E-state index in [1.54, 1.807) is 4.68 Å². The Balaban J connectivity index is 1.58. The lowest BCUT2D eigenvalue weighted by Crippen LogP contribution is -2.30. The van der Waals surface area contributed by atoms with Crippen molar-refractivity contribution in [2.24, 2.45) is 0 Å². The summed E-state index contributed by atoms with van der Waals surface area (Å²) in [5, 5.41) is 14.9. The smallest absolute Gasteiger partial charge is 0.338 e. The molecule has 1 aromatic heterocycles. The van der Waals surface area contributed by atoms with E-state index in [0.717, 1.165) is 16.9 Å². The molecule has 4 rings (SSSR count). The van der Waals surface area contributed by atoms with E-state index < -0.39 is 12.0 Å². The van der Waals surface area contributed by atoms with Gasteiger partial charge in [-0.2, -0.15) is 4.68 Å². The van der Waals surface area contributed by atoms with E-state index in [1.807, 2.05) is 45.0 Å². The van der Waals surface area contributed by atoms with Gasteiger partial charge < -0.3 is 14.8 Å². The van der Waals surface area contributed by atoms with Crippen LogP contribution in [0.3, 0.4) is 0 Å². The minimum absolute atomic E-state index is 0.235. The van der Waals surface area contributed by atoms with Crippen molar-refractivity contribution in [3.63, 3.8) is 0 Å². The first-order valence-electron chi connectivity index (χ1n) is 10.2. The maximum atomic E-state index is 12.9. The van der Waals surface area contributed by atoms with Crippen LogP contribution in [-0.2, 0) is 16.1 Å². The normalized spacial score (nSPS) is 15.5. The van der Waals surface area contributed by atoms with Crippen LogP contribution in [0.25, 0.3) is 0 Å². The summed E-state index contributed by atoms with van der Waals surface area (Å²) in [5.74, 6) is 0.816. The first-order valence-corrected chi connectivity index (χ1v) is 10.2. The summed E-state index contributed by atoms with van der Waals surface area (Å²) in [6, 6.07) is 15.3. The molecule has 0 aliphatic carbocycles. The highest BCUT2D eigenvalue weighted by Gasteiger charge is 2.35. The summed E-state index contributed by atoms with van der Waals surface area (Å²) < 4.78 is 13.0. The zero-order chi connectivity index (χ0) is 22.0. The van der Waals surface area contributed by atoms with Crippen LogP contribution >= 0.6 is 0 Å². The molecule has 2 aromatic carbocycles. The van der Waals surface area contributed by atoms with Gasteiger partial charge in [-0.3, -0.25) is 0 Å². The molecular formula is C23H25N5O3. The average Bonchev–Trinajstić information content (AvgIpc) is 3.20. The molecule has 1 unspecified atom stereocenters. The molecule has 8 heteroatoms. The van der Waals surface area contributed by atoms with Crippen LogP contribution in [0.5, 0.6) is 5.75 Å². The Bertz CT molecular complexity index is 1100. The molecule has 0 fully saturated rings. The molecule has 31 heavy (non-hydrogen) atoms. The Hall–Kier alpha value is -3.68. The van der Waals surface area contributed by atoms with Crippen molar-refractivity contribution in [2.75, 3.05) is 5.32 Å². The molecule has 0 radical (unpaired) electrons. The minimum atomic E-state index is -0.497. The van der Waals surface area contributed by atoms with E-state index in [2.05, 4.69) is 52.0 Å². The van der Waals surface area contributed by atoms with Gasteiger partial charge in [-0.15, -0.1) is 0 Å². The van der Waals surface area contributed by atoms with Gasteiger partial charge in [0.2, 0.25) is 5.95 Å². The lowest BCUT2D eigenvalue weighted by atomic mass is 9.95. The number of aromatic nitrogens is 4. The predicted octanol–water partition coefficient (Wildman–Crippen LogP) is 3.80. The highest BCUT2D eigenvalue weighted by atomic mass is 16.5. The van der Waals surface area contributed by atoms with E-state index >= 15 is 0 Å². The van der Waals surface area contributed by atoms with Crippen LogP contribution in [0.1, 0.15) is 43.5 Å². The highest BCUT2D eigenvalue weighted by Crippen LogP contribution is 2.35. The van der Waals surface area contributed by atoms with Gasteiger partial charge in [0.25, 0.3) is 0 Å². The zero-order valence-corrected chi connectivity index (χ0v) is 18.0. The summed E-state index contributed by atoms with van der Waals surface area (Å²) in [5.41, 5.74) is 4.31. The second kappa shape index (κ2) is 8.59. The first-order chi connectivity index (χ1) is 14.9. The van der Waals surface area contributed by atoms with Crippen LogP contribution in [0.2, 0.25) is 0 Å². The number of fused-ring (bicyclic) bond motifs is 1. The number of aryl methyl sites for hydroxylation is 1. The summed E-state index contributed by atoms with van der Waals surface area (Å²) in [6.07, 6.45) is -0.235. The molecule has 2 heterocycles. The number of hydrogen-bond acceptors (Lipinski definition) is 7. The molecule has 0 saturated heterocycles. The maximum Gasteiger partial charge on any atom is 0.338 e. The molecule has 1 N–H and O–H groups in total. The molecule has 0 amide bonds. The van der Waals surface area contributed by atoms with Crippen LogP contribution < -0.4 is 10.1 Å². The molecule has 3 aromatic rings. The van der Waals surface area contributed by atoms with Crippen LogP contribution in [0.15, 0.2) is 59.8 Å². The second-order valence-corrected chi connectivity index (χ2v) is 7.81. The van der Waals surface area contributed by atoms with Crippen molar-refractivity contribution >= 4 is 11.9 Å². The number of nitrogens with zero attached hydrogens (tertiary/aromatic N) is 4. The van der Waals surface area contributed by atoms with Gasteiger partial charge in [0.1, 0.15) is 18.4 Å². The SMILES string of the molecule is CC1=C(C(=O)OC(C)C)C(c2ccc(OCc3ccc(C)cc3)cc2)n2nnnc2N1. The van der Waals surface area contributed by atoms with Crippen LogP contribution in [-0.4, -0.2) is 32.3 Å². The van der Waals surface area contributed by atoms with E-state index in [-0.39, 0.29) is 6.10 Å². The van der Waals surface area contributed by atoms with Crippen LogP contribution in [0, 0.1) is 6.92 Å². The van der Waals surface area contributed by atoms with Crippen LogP contribution in [0.4, 0.5) is 5.95 Å². The lowest BCUT2D eigenvalue weighted by molar-refractivity contribution is -0.143. The van der Waals surface area contributed by atoms with Crippen molar-refractivity contribution in [3.05, 3.63) is 76.5 Å². The third-order valence-electron chi connectivity index (χ3n) is 5.00. The van der Waals surface area contributed by atoms with Gasteiger partial charge in [-0.1, -0.05) is 47.1 Å². The number of tetrazole rings is 1.